The maximum Gasteiger partial charge on any atom is 0.244 e. The SMILES string of the molecule is O=C(C1CCCN1)N1CCc2ccccc21. The Morgan fingerprint density at radius 3 is 3.06 bits per heavy atom. The molecule has 1 amide bonds. The second-order valence-corrected chi connectivity index (χ2v) is 4.52. The van der Waals surface area contributed by atoms with Crippen LogP contribution in [0, 0.1) is 0 Å². The van der Waals surface area contributed by atoms with Crippen LogP contribution in [-0.4, -0.2) is 25.0 Å². The van der Waals surface area contributed by atoms with Gasteiger partial charge in [-0.25, -0.2) is 0 Å². The van der Waals surface area contributed by atoms with Crippen molar-refractivity contribution in [3.8, 4) is 0 Å². The fourth-order valence-corrected chi connectivity index (χ4v) is 2.65. The van der Waals surface area contributed by atoms with Crippen molar-refractivity contribution in [1.82, 2.24) is 5.32 Å². The minimum absolute atomic E-state index is 0.0474. The molecular weight excluding hydrogens is 200 g/mol. The van der Waals surface area contributed by atoms with Gasteiger partial charge in [0.2, 0.25) is 5.91 Å². The Kier molecular flexibility index (Phi) is 2.40. The van der Waals surface area contributed by atoms with Crippen LogP contribution in [0.5, 0.6) is 0 Å². The molecule has 0 aliphatic carbocycles. The molecule has 84 valence electrons. The van der Waals surface area contributed by atoms with Gasteiger partial charge in [0.05, 0.1) is 6.04 Å². The Morgan fingerprint density at radius 2 is 2.25 bits per heavy atom. The summed E-state index contributed by atoms with van der Waals surface area (Å²) in [6, 6.07) is 8.26. The summed E-state index contributed by atoms with van der Waals surface area (Å²) >= 11 is 0. The molecule has 1 aromatic carbocycles. The Hall–Kier alpha value is -1.35. The van der Waals surface area contributed by atoms with Crippen molar-refractivity contribution in [2.45, 2.75) is 25.3 Å². The molecular formula is C13H16N2O. The van der Waals surface area contributed by atoms with Gasteiger partial charge in [-0.05, 0) is 37.4 Å². The molecule has 0 aromatic heterocycles. The van der Waals surface area contributed by atoms with Crippen molar-refractivity contribution < 1.29 is 4.79 Å². The van der Waals surface area contributed by atoms with Gasteiger partial charge in [0.1, 0.15) is 0 Å². The number of carbonyl (C=O) groups excluding carboxylic acids is 1. The number of nitrogens with one attached hydrogen (secondary N) is 1. The lowest BCUT2D eigenvalue weighted by Gasteiger charge is -2.21. The molecule has 1 aromatic rings. The smallest absolute Gasteiger partial charge is 0.244 e. The third kappa shape index (κ3) is 1.52. The fraction of sp³-hybridized carbons (Fsp3) is 0.462. The number of rotatable bonds is 1. The summed E-state index contributed by atoms with van der Waals surface area (Å²) in [5.41, 5.74) is 2.41. The summed E-state index contributed by atoms with van der Waals surface area (Å²) in [7, 11) is 0. The number of anilines is 1. The van der Waals surface area contributed by atoms with Gasteiger partial charge in [-0.3, -0.25) is 4.79 Å². The maximum atomic E-state index is 12.3. The zero-order valence-electron chi connectivity index (χ0n) is 9.28. The zero-order chi connectivity index (χ0) is 11.0. The predicted octanol–water partition coefficient (Wildman–Crippen LogP) is 1.33. The van der Waals surface area contributed by atoms with Crippen LogP contribution in [0.1, 0.15) is 18.4 Å². The average molecular weight is 216 g/mol. The van der Waals surface area contributed by atoms with Gasteiger partial charge in [-0.2, -0.15) is 0 Å². The molecule has 16 heavy (non-hydrogen) atoms. The first-order chi connectivity index (χ1) is 7.86. The van der Waals surface area contributed by atoms with E-state index in [0.29, 0.717) is 0 Å². The molecule has 2 aliphatic heterocycles. The van der Waals surface area contributed by atoms with Crippen molar-refractivity contribution in [2.75, 3.05) is 18.0 Å². The van der Waals surface area contributed by atoms with Gasteiger partial charge in [-0.15, -0.1) is 0 Å². The Bertz CT molecular complexity index is 410. The molecule has 3 heteroatoms. The highest BCUT2D eigenvalue weighted by molar-refractivity contribution is 5.99. The molecule has 0 spiro atoms. The first kappa shape index (κ1) is 9.85. The van der Waals surface area contributed by atoms with E-state index in [1.165, 1.54) is 5.56 Å². The molecule has 1 unspecified atom stereocenters. The first-order valence-electron chi connectivity index (χ1n) is 5.99. The van der Waals surface area contributed by atoms with E-state index < -0.39 is 0 Å². The number of para-hydroxylation sites is 1. The monoisotopic (exact) mass is 216 g/mol. The number of hydrogen-bond donors (Lipinski definition) is 1. The summed E-state index contributed by atoms with van der Waals surface area (Å²) < 4.78 is 0. The largest absolute Gasteiger partial charge is 0.310 e. The first-order valence-corrected chi connectivity index (χ1v) is 5.99. The Labute approximate surface area is 95.4 Å². The van der Waals surface area contributed by atoms with Crippen LogP contribution in [0.4, 0.5) is 5.69 Å². The topological polar surface area (TPSA) is 32.3 Å². The molecule has 1 N–H and O–H groups in total. The van der Waals surface area contributed by atoms with Gasteiger partial charge in [0, 0.05) is 12.2 Å². The van der Waals surface area contributed by atoms with Crippen molar-refractivity contribution >= 4 is 11.6 Å². The van der Waals surface area contributed by atoms with E-state index in [1.807, 2.05) is 17.0 Å². The van der Waals surface area contributed by atoms with E-state index in [1.54, 1.807) is 0 Å². The van der Waals surface area contributed by atoms with E-state index in [9.17, 15) is 4.79 Å². The number of fused-ring (bicyclic) bond motifs is 1. The van der Waals surface area contributed by atoms with Gasteiger partial charge in [0.25, 0.3) is 0 Å². The number of carbonyl (C=O) groups is 1. The summed E-state index contributed by atoms with van der Waals surface area (Å²) in [5, 5.41) is 3.27. The maximum absolute atomic E-state index is 12.3. The van der Waals surface area contributed by atoms with E-state index in [-0.39, 0.29) is 11.9 Å². The van der Waals surface area contributed by atoms with E-state index in [2.05, 4.69) is 17.4 Å². The summed E-state index contributed by atoms with van der Waals surface area (Å²) in [6.07, 6.45) is 3.10. The highest BCUT2D eigenvalue weighted by atomic mass is 16.2. The van der Waals surface area contributed by atoms with Crippen molar-refractivity contribution in [3.05, 3.63) is 29.8 Å². The van der Waals surface area contributed by atoms with Gasteiger partial charge >= 0.3 is 0 Å². The summed E-state index contributed by atoms with van der Waals surface area (Å²) in [4.78, 5) is 14.2. The normalized spacial score (nSPS) is 23.5. The van der Waals surface area contributed by atoms with E-state index in [4.69, 9.17) is 0 Å². The van der Waals surface area contributed by atoms with Crippen molar-refractivity contribution in [3.63, 3.8) is 0 Å². The molecule has 0 radical (unpaired) electrons. The van der Waals surface area contributed by atoms with Gasteiger partial charge < -0.3 is 10.2 Å². The van der Waals surface area contributed by atoms with Crippen LogP contribution in [-0.2, 0) is 11.2 Å². The lowest BCUT2D eigenvalue weighted by Crippen LogP contribution is -2.42. The minimum atomic E-state index is 0.0474. The van der Waals surface area contributed by atoms with Crippen LogP contribution in [0.25, 0.3) is 0 Å². The van der Waals surface area contributed by atoms with Crippen LogP contribution >= 0.6 is 0 Å². The summed E-state index contributed by atoms with van der Waals surface area (Å²) in [5.74, 6) is 0.252. The van der Waals surface area contributed by atoms with Crippen LogP contribution < -0.4 is 10.2 Å². The minimum Gasteiger partial charge on any atom is -0.310 e. The fourth-order valence-electron chi connectivity index (χ4n) is 2.65. The Morgan fingerprint density at radius 1 is 1.38 bits per heavy atom. The lowest BCUT2D eigenvalue weighted by molar-refractivity contribution is -0.120. The predicted molar refractivity (Wildman–Crippen MR) is 63.5 cm³/mol. The molecule has 3 rings (SSSR count). The third-order valence-electron chi connectivity index (χ3n) is 3.51. The molecule has 1 saturated heterocycles. The summed E-state index contributed by atoms with van der Waals surface area (Å²) in [6.45, 7) is 1.82. The van der Waals surface area contributed by atoms with Gasteiger partial charge in [0.15, 0.2) is 0 Å². The van der Waals surface area contributed by atoms with Crippen LogP contribution in [0.2, 0.25) is 0 Å². The number of nitrogens with zero attached hydrogens (tertiary/aromatic N) is 1. The second-order valence-electron chi connectivity index (χ2n) is 4.52. The lowest BCUT2D eigenvalue weighted by atomic mass is 10.1. The second kappa shape index (κ2) is 3.91. The van der Waals surface area contributed by atoms with Crippen molar-refractivity contribution in [1.29, 1.82) is 0 Å². The van der Waals surface area contributed by atoms with Crippen LogP contribution in [0.15, 0.2) is 24.3 Å². The highest BCUT2D eigenvalue weighted by Gasteiger charge is 2.31. The molecule has 1 fully saturated rings. The molecule has 3 nitrogen and oxygen atoms in total. The van der Waals surface area contributed by atoms with E-state index >= 15 is 0 Å². The zero-order valence-corrected chi connectivity index (χ0v) is 9.28. The number of hydrogen-bond acceptors (Lipinski definition) is 2. The van der Waals surface area contributed by atoms with E-state index in [0.717, 1.165) is 38.0 Å². The molecule has 1 atom stereocenters. The third-order valence-corrected chi connectivity index (χ3v) is 3.51. The molecule has 0 saturated carbocycles. The Balaban J connectivity index is 1.84. The average Bonchev–Trinajstić information content (AvgIpc) is 2.98. The van der Waals surface area contributed by atoms with Gasteiger partial charge in [-0.1, -0.05) is 18.2 Å². The van der Waals surface area contributed by atoms with Crippen molar-refractivity contribution in [2.24, 2.45) is 0 Å². The quantitative estimate of drug-likeness (QED) is 0.768. The molecule has 2 aliphatic rings. The number of amides is 1. The van der Waals surface area contributed by atoms with Crippen LogP contribution in [0.3, 0.4) is 0 Å². The number of benzene rings is 1. The standard InChI is InChI=1S/C13H16N2O/c16-13(11-5-3-8-14-11)15-9-7-10-4-1-2-6-12(10)15/h1-2,4,6,11,14H,3,5,7-9H2. The molecule has 0 bridgehead atoms. The highest BCUT2D eigenvalue weighted by Crippen LogP contribution is 2.28. The molecule has 2 heterocycles.